The molecule has 0 unspecified atom stereocenters. The van der Waals surface area contributed by atoms with Crippen LogP contribution in [0, 0.1) is 10.1 Å². The molecule has 194 valence electrons. The number of pyridine rings is 1. The number of nitrogens with one attached hydrogen (secondary N) is 1. The Balaban J connectivity index is 0.000000223. The number of hydrogen-bond donors (Lipinski definition) is 2. The third-order valence-electron chi connectivity index (χ3n) is 5.52. The van der Waals surface area contributed by atoms with Crippen molar-refractivity contribution in [2.24, 2.45) is 0 Å². The highest BCUT2D eigenvalue weighted by Crippen LogP contribution is 2.30. The number of carbonyl (C=O) groups excluding carboxylic acids is 1. The molecule has 1 aromatic carbocycles. The van der Waals surface area contributed by atoms with E-state index in [4.69, 9.17) is 10.5 Å². The number of aromatic nitrogens is 2. The maximum Gasteiger partial charge on any atom is 0.407 e. The van der Waals surface area contributed by atoms with E-state index < -0.39 is 20.5 Å². The Bertz CT molecular complexity index is 1330. The predicted molar refractivity (Wildman–Crippen MR) is 136 cm³/mol. The van der Waals surface area contributed by atoms with Gasteiger partial charge in [-0.2, -0.15) is 0 Å². The molecule has 36 heavy (non-hydrogen) atoms. The molecule has 1 fully saturated rings. The van der Waals surface area contributed by atoms with E-state index in [1.807, 2.05) is 20.8 Å². The number of nitro groups is 1. The zero-order chi connectivity index (χ0) is 26.5. The van der Waals surface area contributed by atoms with Crippen molar-refractivity contribution in [3.8, 4) is 0 Å². The van der Waals surface area contributed by atoms with Crippen LogP contribution in [-0.2, 0) is 14.8 Å². The van der Waals surface area contributed by atoms with Gasteiger partial charge in [0.15, 0.2) is 5.65 Å². The van der Waals surface area contributed by atoms with E-state index >= 15 is 0 Å². The second kappa shape index (κ2) is 10.9. The van der Waals surface area contributed by atoms with Crippen LogP contribution in [-0.4, -0.2) is 40.0 Å². The number of rotatable bonds is 4. The standard InChI is InChI=1S/C13H10N4O4S.C11H21NO2/c14-12-10-6-7-16(13(10)15-8-11(12)17(18)19)22(20,21)9-4-2-1-3-5-9;1-11(2,3)14-10(13)12-9-7-5-4-6-8-9/h1-8H,(H2,14,15);9H,4-8H2,1-3H3,(H,12,13). The molecule has 3 aromatic rings. The molecule has 1 aliphatic rings. The third kappa shape index (κ3) is 6.51. The molecular formula is C24H31N5O6S. The molecular weight excluding hydrogens is 486 g/mol. The van der Waals surface area contributed by atoms with Gasteiger partial charge in [0.2, 0.25) is 0 Å². The number of alkyl carbamates (subject to hydrolysis) is 1. The molecule has 1 amide bonds. The van der Waals surface area contributed by atoms with Crippen LogP contribution in [0.15, 0.2) is 53.7 Å². The summed E-state index contributed by atoms with van der Waals surface area (Å²) < 4.78 is 31.3. The van der Waals surface area contributed by atoms with Gasteiger partial charge in [-0.15, -0.1) is 0 Å². The molecule has 11 nitrogen and oxygen atoms in total. The maximum absolute atomic E-state index is 12.6. The van der Waals surface area contributed by atoms with Gasteiger partial charge >= 0.3 is 11.8 Å². The van der Waals surface area contributed by atoms with Crippen molar-refractivity contribution in [3.05, 3.63) is 58.9 Å². The molecule has 1 saturated carbocycles. The Hall–Kier alpha value is -3.67. The van der Waals surface area contributed by atoms with E-state index in [2.05, 4.69) is 10.3 Å². The average Bonchev–Trinajstić information content (AvgIpc) is 3.25. The quantitative estimate of drug-likeness (QED) is 0.375. The Morgan fingerprint density at radius 3 is 2.39 bits per heavy atom. The monoisotopic (exact) mass is 517 g/mol. The number of nitrogens with two attached hydrogens (primary N) is 1. The Kier molecular flexibility index (Phi) is 8.18. The van der Waals surface area contributed by atoms with Crippen molar-refractivity contribution < 1.29 is 22.9 Å². The number of anilines is 1. The van der Waals surface area contributed by atoms with Gasteiger partial charge in [-0.05, 0) is 51.8 Å². The number of fused-ring (bicyclic) bond motifs is 1. The van der Waals surface area contributed by atoms with E-state index in [0.717, 1.165) is 23.0 Å². The lowest BCUT2D eigenvalue weighted by molar-refractivity contribution is -0.384. The van der Waals surface area contributed by atoms with Gasteiger partial charge in [0.1, 0.15) is 17.5 Å². The van der Waals surface area contributed by atoms with Crippen LogP contribution < -0.4 is 11.1 Å². The Morgan fingerprint density at radius 2 is 1.81 bits per heavy atom. The van der Waals surface area contributed by atoms with Crippen LogP contribution in [0.1, 0.15) is 52.9 Å². The number of nitrogens with zero attached hydrogens (tertiary/aromatic N) is 3. The van der Waals surface area contributed by atoms with Crippen LogP contribution in [0.3, 0.4) is 0 Å². The van der Waals surface area contributed by atoms with Crippen molar-refractivity contribution in [1.29, 1.82) is 0 Å². The number of carbonyl (C=O) groups is 1. The maximum atomic E-state index is 12.6. The van der Waals surface area contributed by atoms with E-state index in [0.29, 0.717) is 6.04 Å². The van der Waals surface area contributed by atoms with Gasteiger partial charge in [-0.1, -0.05) is 37.5 Å². The molecule has 0 spiro atoms. The zero-order valence-electron chi connectivity index (χ0n) is 20.5. The first-order chi connectivity index (χ1) is 16.9. The topological polar surface area (TPSA) is 159 Å². The van der Waals surface area contributed by atoms with Crippen LogP contribution in [0.5, 0.6) is 0 Å². The summed E-state index contributed by atoms with van der Waals surface area (Å²) in [6, 6.07) is 9.54. The summed E-state index contributed by atoms with van der Waals surface area (Å²) in [5.74, 6) is 0. The summed E-state index contributed by atoms with van der Waals surface area (Å²) in [5, 5.41) is 14.0. The lowest BCUT2D eigenvalue weighted by Gasteiger charge is -2.25. The van der Waals surface area contributed by atoms with Crippen molar-refractivity contribution in [3.63, 3.8) is 0 Å². The molecule has 4 rings (SSSR count). The van der Waals surface area contributed by atoms with Gasteiger partial charge in [0.05, 0.1) is 15.2 Å². The molecule has 1 aliphatic carbocycles. The second-order valence-electron chi connectivity index (χ2n) is 9.46. The van der Waals surface area contributed by atoms with Crippen LogP contribution in [0.4, 0.5) is 16.2 Å². The smallest absolute Gasteiger partial charge is 0.407 e. The normalized spacial score (nSPS) is 14.5. The molecule has 0 bridgehead atoms. The first kappa shape index (κ1) is 26.9. The lowest BCUT2D eigenvalue weighted by Crippen LogP contribution is -2.39. The molecule has 0 radical (unpaired) electrons. The first-order valence-corrected chi connectivity index (χ1v) is 13.0. The molecule has 0 aliphatic heterocycles. The number of benzene rings is 1. The number of ether oxygens (including phenoxy) is 1. The lowest BCUT2D eigenvalue weighted by atomic mass is 9.96. The SMILES string of the molecule is CC(C)(C)OC(=O)NC1CCCCC1.Nc1c([N+](=O)[O-])cnc2c1ccn2S(=O)(=O)c1ccccc1. The molecule has 3 N–H and O–H groups in total. The molecule has 0 atom stereocenters. The fourth-order valence-corrected chi connectivity index (χ4v) is 5.16. The molecule has 12 heteroatoms. The van der Waals surface area contributed by atoms with Gasteiger partial charge in [0, 0.05) is 12.2 Å². The summed E-state index contributed by atoms with van der Waals surface area (Å²) in [5.41, 5.74) is 4.91. The fourth-order valence-electron chi connectivity index (χ4n) is 3.84. The van der Waals surface area contributed by atoms with Crippen LogP contribution >= 0.6 is 0 Å². The number of nitrogen functional groups attached to an aromatic ring is 1. The van der Waals surface area contributed by atoms with Crippen molar-refractivity contribution in [2.75, 3.05) is 5.73 Å². The third-order valence-corrected chi connectivity index (χ3v) is 7.20. The minimum Gasteiger partial charge on any atom is -0.444 e. The van der Waals surface area contributed by atoms with E-state index in [1.54, 1.807) is 18.2 Å². The van der Waals surface area contributed by atoms with Crippen molar-refractivity contribution in [2.45, 2.75) is 69.4 Å². The Labute approximate surface area is 209 Å². The molecule has 0 saturated heterocycles. The van der Waals surface area contributed by atoms with E-state index in [1.165, 1.54) is 43.7 Å². The number of hydrogen-bond acceptors (Lipinski definition) is 8. The van der Waals surface area contributed by atoms with Gasteiger partial charge in [-0.3, -0.25) is 10.1 Å². The Morgan fingerprint density at radius 1 is 1.17 bits per heavy atom. The summed E-state index contributed by atoms with van der Waals surface area (Å²) in [7, 11) is -3.84. The van der Waals surface area contributed by atoms with Crippen LogP contribution in [0.25, 0.3) is 11.0 Å². The van der Waals surface area contributed by atoms with E-state index in [-0.39, 0.29) is 33.4 Å². The zero-order valence-corrected chi connectivity index (χ0v) is 21.3. The van der Waals surface area contributed by atoms with Gasteiger partial charge in [-0.25, -0.2) is 22.2 Å². The van der Waals surface area contributed by atoms with Gasteiger partial charge < -0.3 is 15.8 Å². The number of amides is 1. The van der Waals surface area contributed by atoms with Crippen molar-refractivity contribution >= 4 is 38.5 Å². The summed E-state index contributed by atoms with van der Waals surface area (Å²) >= 11 is 0. The highest BCUT2D eigenvalue weighted by atomic mass is 32.2. The second-order valence-corrected chi connectivity index (χ2v) is 11.3. The minimum atomic E-state index is -3.84. The highest BCUT2D eigenvalue weighted by Gasteiger charge is 2.23. The fraction of sp³-hybridized carbons (Fsp3) is 0.417. The van der Waals surface area contributed by atoms with Gasteiger partial charge in [0.25, 0.3) is 10.0 Å². The largest absolute Gasteiger partial charge is 0.444 e. The summed E-state index contributed by atoms with van der Waals surface area (Å²) in [4.78, 5) is 25.5. The molecule has 2 aromatic heterocycles. The minimum absolute atomic E-state index is 0.0481. The average molecular weight is 518 g/mol. The van der Waals surface area contributed by atoms with Crippen LogP contribution in [0.2, 0.25) is 0 Å². The predicted octanol–water partition coefficient (Wildman–Crippen LogP) is 4.61. The summed E-state index contributed by atoms with van der Waals surface area (Å²) in [6.45, 7) is 5.65. The first-order valence-electron chi connectivity index (χ1n) is 11.6. The summed E-state index contributed by atoms with van der Waals surface area (Å²) in [6.07, 6.45) is 7.89. The molecule has 2 heterocycles. The van der Waals surface area contributed by atoms with E-state index in [9.17, 15) is 23.3 Å². The van der Waals surface area contributed by atoms with Crippen molar-refractivity contribution in [1.82, 2.24) is 14.3 Å². The highest BCUT2D eigenvalue weighted by molar-refractivity contribution is 7.90.